The number of carbonyl (C=O) groups is 2. The van der Waals surface area contributed by atoms with Crippen LogP contribution in [0.25, 0.3) is 0 Å². The van der Waals surface area contributed by atoms with Crippen molar-refractivity contribution in [3.05, 3.63) is 92.4 Å². The van der Waals surface area contributed by atoms with Gasteiger partial charge in [0.1, 0.15) is 12.6 Å². The molecule has 12 heteroatoms. The van der Waals surface area contributed by atoms with E-state index in [1.807, 2.05) is 13.8 Å². The van der Waals surface area contributed by atoms with Crippen molar-refractivity contribution in [1.82, 2.24) is 10.2 Å². The Kier molecular flexibility index (Phi) is 11.1. The second-order valence-electron chi connectivity index (χ2n) is 9.51. The number of hydrogen-bond donors (Lipinski definition) is 1. The predicted molar refractivity (Wildman–Crippen MR) is 162 cm³/mol. The lowest BCUT2D eigenvalue weighted by Gasteiger charge is -2.32. The van der Waals surface area contributed by atoms with E-state index in [2.05, 4.69) is 5.32 Å². The van der Waals surface area contributed by atoms with Crippen LogP contribution in [0.2, 0.25) is 20.1 Å². The molecule has 3 aromatic rings. The molecule has 0 saturated heterocycles. The van der Waals surface area contributed by atoms with Crippen molar-refractivity contribution in [3.8, 4) is 0 Å². The highest BCUT2D eigenvalue weighted by Gasteiger charge is 2.33. The molecule has 7 nitrogen and oxygen atoms in total. The summed E-state index contributed by atoms with van der Waals surface area (Å²) in [4.78, 5) is 28.2. The SMILES string of the molecule is CC(C)CNC(=O)[C@H](C)N(Cc1ccc(Cl)c(Cl)c1)C(=O)CN(c1ccc(Cl)cc1Cl)S(=O)(=O)c1ccccc1. The Morgan fingerprint density at radius 2 is 1.52 bits per heavy atom. The molecule has 3 rings (SSSR count). The van der Waals surface area contributed by atoms with E-state index in [9.17, 15) is 18.0 Å². The number of anilines is 1. The third-order valence-electron chi connectivity index (χ3n) is 5.98. The minimum absolute atomic E-state index is 0.0282. The summed E-state index contributed by atoms with van der Waals surface area (Å²) in [5.74, 6) is -0.832. The van der Waals surface area contributed by atoms with Gasteiger partial charge >= 0.3 is 0 Å². The number of rotatable bonds is 11. The van der Waals surface area contributed by atoms with Gasteiger partial charge in [-0.15, -0.1) is 0 Å². The van der Waals surface area contributed by atoms with Crippen molar-refractivity contribution in [2.45, 2.75) is 38.3 Å². The van der Waals surface area contributed by atoms with Gasteiger partial charge in [0.25, 0.3) is 10.0 Å². The van der Waals surface area contributed by atoms with Crippen molar-refractivity contribution < 1.29 is 18.0 Å². The zero-order chi connectivity index (χ0) is 29.6. The Hall–Kier alpha value is -2.49. The molecule has 0 radical (unpaired) electrons. The Morgan fingerprint density at radius 3 is 2.12 bits per heavy atom. The Labute approximate surface area is 255 Å². The second-order valence-corrected chi connectivity index (χ2v) is 13.0. The highest BCUT2D eigenvalue weighted by Crippen LogP contribution is 2.33. The number of nitrogens with zero attached hydrogens (tertiary/aromatic N) is 2. The summed E-state index contributed by atoms with van der Waals surface area (Å²) in [6.07, 6.45) is 0. The average Bonchev–Trinajstić information content (AvgIpc) is 2.91. The minimum atomic E-state index is -4.25. The molecule has 0 fully saturated rings. The van der Waals surface area contributed by atoms with Gasteiger partial charge in [0, 0.05) is 18.1 Å². The Bertz CT molecular complexity index is 1470. The van der Waals surface area contributed by atoms with Crippen LogP contribution in [0.3, 0.4) is 0 Å². The molecule has 40 heavy (non-hydrogen) atoms. The summed E-state index contributed by atoms with van der Waals surface area (Å²) in [7, 11) is -4.25. The molecule has 3 aromatic carbocycles. The van der Waals surface area contributed by atoms with Gasteiger partial charge in [-0.2, -0.15) is 0 Å². The van der Waals surface area contributed by atoms with E-state index in [1.165, 1.54) is 35.2 Å². The van der Waals surface area contributed by atoms with E-state index >= 15 is 0 Å². The van der Waals surface area contributed by atoms with E-state index in [1.54, 1.807) is 43.3 Å². The van der Waals surface area contributed by atoms with Crippen molar-refractivity contribution in [2.24, 2.45) is 5.92 Å². The first-order valence-electron chi connectivity index (χ1n) is 12.3. The molecule has 0 unspecified atom stereocenters. The summed E-state index contributed by atoms with van der Waals surface area (Å²) in [6.45, 7) is 5.22. The molecule has 0 aliphatic rings. The van der Waals surface area contributed by atoms with E-state index in [0.29, 0.717) is 22.2 Å². The number of amides is 2. The zero-order valence-electron chi connectivity index (χ0n) is 22.1. The Morgan fingerprint density at radius 1 is 0.850 bits per heavy atom. The van der Waals surface area contributed by atoms with Crippen LogP contribution in [0.15, 0.2) is 71.6 Å². The standard InChI is InChI=1S/C28H29Cl4N3O4S/c1-18(2)15-33-28(37)19(3)34(16-20-9-11-23(30)24(31)13-20)27(36)17-35(26-12-10-21(29)14-25(26)32)40(38,39)22-7-5-4-6-8-22/h4-14,18-19H,15-17H2,1-3H3,(H,33,37)/t19-/m0/s1. The molecule has 0 aromatic heterocycles. The predicted octanol–water partition coefficient (Wildman–Crippen LogP) is 6.69. The molecule has 0 saturated carbocycles. The van der Waals surface area contributed by atoms with E-state index in [0.717, 1.165) is 4.31 Å². The lowest BCUT2D eigenvalue weighted by molar-refractivity contribution is -0.139. The van der Waals surface area contributed by atoms with Crippen LogP contribution in [0.4, 0.5) is 5.69 Å². The van der Waals surface area contributed by atoms with Crippen molar-refractivity contribution in [3.63, 3.8) is 0 Å². The van der Waals surface area contributed by atoms with E-state index in [4.69, 9.17) is 46.4 Å². The lowest BCUT2D eigenvalue weighted by atomic mass is 10.1. The molecule has 0 spiro atoms. The second kappa shape index (κ2) is 13.9. The zero-order valence-corrected chi connectivity index (χ0v) is 25.9. The van der Waals surface area contributed by atoms with Gasteiger partial charge in [-0.05, 0) is 60.9 Å². The molecule has 214 valence electrons. The maximum atomic E-state index is 13.9. The molecule has 0 aliphatic heterocycles. The van der Waals surface area contributed by atoms with E-state index in [-0.39, 0.29) is 39.0 Å². The summed E-state index contributed by atoms with van der Waals surface area (Å²) in [6, 6.07) is 15.9. The van der Waals surface area contributed by atoms with Crippen LogP contribution in [-0.2, 0) is 26.2 Å². The maximum absolute atomic E-state index is 13.9. The molecule has 1 atom stereocenters. The molecule has 2 amide bonds. The first-order chi connectivity index (χ1) is 18.8. The normalized spacial score (nSPS) is 12.2. The summed E-state index contributed by atoms with van der Waals surface area (Å²) >= 11 is 24.7. The molecule has 0 heterocycles. The summed E-state index contributed by atoms with van der Waals surface area (Å²) in [5, 5.41) is 3.79. The van der Waals surface area contributed by atoms with Crippen molar-refractivity contribution >= 4 is 73.9 Å². The van der Waals surface area contributed by atoms with Crippen LogP contribution >= 0.6 is 46.4 Å². The molecule has 0 bridgehead atoms. The van der Waals surface area contributed by atoms with Gasteiger partial charge < -0.3 is 10.2 Å². The lowest BCUT2D eigenvalue weighted by Crippen LogP contribution is -2.51. The molecule has 1 N–H and O–H groups in total. The quantitative estimate of drug-likeness (QED) is 0.252. The third-order valence-corrected chi connectivity index (χ3v) is 9.03. The van der Waals surface area contributed by atoms with Gasteiger partial charge in [-0.1, -0.05) is 84.5 Å². The third kappa shape index (κ3) is 8.04. The van der Waals surface area contributed by atoms with Crippen LogP contribution in [0, 0.1) is 5.92 Å². The number of halogens is 4. The van der Waals surface area contributed by atoms with Gasteiger partial charge in [0.15, 0.2) is 0 Å². The molecule has 0 aliphatic carbocycles. The highest BCUT2D eigenvalue weighted by molar-refractivity contribution is 7.92. The van der Waals surface area contributed by atoms with Crippen LogP contribution < -0.4 is 9.62 Å². The minimum Gasteiger partial charge on any atom is -0.354 e. The Balaban J connectivity index is 2.05. The van der Waals surface area contributed by atoms with Crippen molar-refractivity contribution in [2.75, 3.05) is 17.4 Å². The summed E-state index contributed by atoms with van der Waals surface area (Å²) in [5.41, 5.74) is 0.669. The number of hydrogen-bond acceptors (Lipinski definition) is 4. The summed E-state index contributed by atoms with van der Waals surface area (Å²) < 4.78 is 28.5. The monoisotopic (exact) mass is 643 g/mol. The van der Waals surface area contributed by atoms with Crippen LogP contribution in [-0.4, -0.2) is 44.3 Å². The number of nitrogens with one attached hydrogen (secondary N) is 1. The van der Waals surface area contributed by atoms with Crippen LogP contribution in [0.5, 0.6) is 0 Å². The fourth-order valence-electron chi connectivity index (χ4n) is 3.79. The fraction of sp³-hybridized carbons (Fsp3) is 0.286. The maximum Gasteiger partial charge on any atom is 0.264 e. The van der Waals surface area contributed by atoms with E-state index < -0.39 is 28.5 Å². The number of sulfonamides is 1. The van der Waals surface area contributed by atoms with Crippen LogP contribution in [0.1, 0.15) is 26.3 Å². The fourth-order valence-corrected chi connectivity index (χ4v) is 6.12. The number of benzene rings is 3. The average molecular weight is 645 g/mol. The number of carbonyl (C=O) groups excluding carboxylic acids is 2. The smallest absolute Gasteiger partial charge is 0.264 e. The van der Waals surface area contributed by atoms with Gasteiger partial charge in [0.05, 0.1) is 25.7 Å². The molecular weight excluding hydrogens is 616 g/mol. The first-order valence-corrected chi connectivity index (χ1v) is 15.3. The van der Waals surface area contributed by atoms with Gasteiger partial charge in [-0.25, -0.2) is 8.42 Å². The first kappa shape index (κ1) is 32.0. The van der Waals surface area contributed by atoms with Gasteiger partial charge in [-0.3, -0.25) is 13.9 Å². The topological polar surface area (TPSA) is 86.8 Å². The van der Waals surface area contributed by atoms with Crippen molar-refractivity contribution in [1.29, 1.82) is 0 Å². The largest absolute Gasteiger partial charge is 0.354 e. The highest BCUT2D eigenvalue weighted by atomic mass is 35.5. The molecular formula is C28H29Cl4N3O4S. The van der Waals surface area contributed by atoms with Gasteiger partial charge in [0.2, 0.25) is 11.8 Å².